The fourth-order valence-electron chi connectivity index (χ4n) is 1.82. The normalized spacial score (nSPS) is 11.9. The van der Waals surface area contributed by atoms with Gasteiger partial charge in [-0.25, -0.2) is 0 Å². The first-order valence-corrected chi connectivity index (χ1v) is 6.39. The van der Waals surface area contributed by atoms with Gasteiger partial charge in [0.15, 0.2) is 0 Å². The Kier molecular flexibility index (Phi) is 4.34. The summed E-state index contributed by atoms with van der Waals surface area (Å²) in [5.41, 5.74) is 13.3. The summed E-state index contributed by atoms with van der Waals surface area (Å²) in [6, 6.07) is 6.65. The first kappa shape index (κ1) is 14.7. The molecule has 0 aliphatic carbocycles. The van der Waals surface area contributed by atoms with Gasteiger partial charge in [0.25, 0.3) is 0 Å². The van der Waals surface area contributed by atoms with E-state index in [1.807, 2.05) is 31.2 Å². The molecule has 110 valence electrons. The fraction of sp³-hybridized carbons (Fsp3) is 0.214. The van der Waals surface area contributed by atoms with E-state index in [1.54, 1.807) is 0 Å². The van der Waals surface area contributed by atoms with Crippen LogP contribution in [0.5, 0.6) is 0 Å². The van der Waals surface area contributed by atoms with E-state index in [0.29, 0.717) is 5.69 Å². The van der Waals surface area contributed by atoms with Gasteiger partial charge in [-0.3, -0.25) is 14.3 Å². The number of nitrogens with one attached hydrogen (secondary N) is 1. The number of aryl methyl sites for hydroxylation is 1. The van der Waals surface area contributed by atoms with Crippen LogP contribution in [-0.4, -0.2) is 21.6 Å². The van der Waals surface area contributed by atoms with Crippen LogP contribution in [0.1, 0.15) is 17.2 Å². The summed E-state index contributed by atoms with van der Waals surface area (Å²) in [6.07, 6.45) is 2.95. The van der Waals surface area contributed by atoms with Crippen LogP contribution in [0.15, 0.2) is 36.7 Å². The zero-order valence-corrected chi connectivity index (χ0v) is 11.6. The first-order chi connectivity index (χ1) is 9.95. The Morgan fingerprint density at radius 3 is 2.62 bits per heavy atom. The van der Waals surface area contributed by atoms with E-state index in [9.17, 15) is 9.59 Å². The minimum absolute atomic E-state index is 0.0418. The van der Waals surface area contributed by atoms with Crippen molar-refractivity contribution in [3.8, 4) is 0 Å². The smallest absolute Gasteiger partial charge is 0.245 e. The zero-order valence-electron chi connectivity index (χ0n) is 11.6. The van der Waals surface area contributed by atoms with Crippen molar-refractivity contribution >= 4 is 17.5 Å². The maximum atomic E-state index is 12.1. The van der Waals surface area contributed by atoms with Crippen molar-refractivity contribution in [3.05, 3.63) is 47.8 Å². The van der Waals surface area contributed by atoms with Crippen molar-refractivity contribution in [2.24, 2.45) is 11.5 Å². The van der Waals surface area contributed by atoms with Gasteiger partial charge in [0.1, 0.15) is 12.6 Å². The fourth-order valence-corrected chi connectivity index (χ4v) is 1.82. The molecular weight excluding hydrogens is 270 g/mol. The van der Waals surface area contributed by atoms with Crippen molar-refractivity contribution in [1.82, 2.24) is 9.78 Å². The molecule has 21 heavy (non-hydrogen) atoms. The molecule has 0 bridgehead atoms. The maximum absolute atomic E-state index is 12.1. The second-order valence-electron chi connectivity index (χ2n) is 4.77. The van der Waals surface area contributed by atoms with Crippen LogP contribution in [0.4, 0.5) is 5.69 Å². The lowest BCUT2D eigenvalue weighted by Crippen LogP contribution is -2.27. The Morgan fingerprint density at radius 1 is 1.33 bits per heavy atom. The van der Waals surface area contributed by atoms with Crippen LogP contribution in [0.3, 0.4) is 0 Å². The number of anilines is 1. The summed E-state index contributed by atoms with van der Waals surface area (Å²) in [5.74, 6) is -0.857. The molecule has 1 heterocycles. The molecule has 5 N–H and O–H groups in total. The van der Waals surface area contributed by atoms with Crippen LogP contribution in [0.25, 0.3) is 0 Å². The van der Waals surface area contributed by atoms with E-state index in [-0.39, 0.29) is 12.5 Å². The molecule has 7 heteroatoms. The highest BCUT2D eigenvalue weighted by Crippen LogP contribution is 2.14. The van der Waals surface area contributed by atoms with Gasteiger partial charge >= 0.3 is 0 Å². The highest BCUT2D eigenvalue weighted by atomic mass is 16.2. The second-order valence-corrected chi connectivity index (χ2v) is 4.77. The Balaban J connectivity index is 2.01. The van der Waals surface area contributed by atoms with E-state index in [0.717, 1.165) is 11.1 Å². The number of nitrogens with zero attached hydrogens (tertiary/aromatic N) is 2. The number of aromatic nitrogens is 2. The topological polar surface area (TPSA) is 116 Å². The molecule has 0 radical (unpaired) electrons. The lowest BCUT2D eigenvalue weighted by atomic mass is 10.1. The Hall–Kier alpha value is -2.67. The molecule has 1 atom stereocenters. The molecule has 2 aromatic rings. The molecule has 7 nitrogen and oxygen atoms in total. The summed E-state index contributed by atoms with van der Waals surface area (Å²) in [4.78, 5) is 22.8. The predicted octanol–water partition coefficient (Wildman–Crippen LogP) is 0.315. The molecule has 0 saturated heterocycles. The quantitative estimate of drug-likeness (QED) is 0.734. The number of rotatable bonds is 5. The lowest BCUT2D eigenvalue weighted by molar-refractivity contribution is -0.119. The van der Waals surface area contributed by atoms with Gasteiger partial charge in [0, 0.05) is 6.20 Å². The molecule has 0 aliphatic heterocycles. The third-order valence-electron chi connectivity index (χ3n) is 2.94. The number of primary amides is 1. The summed E-state index contributed by atoms with van der Waals surface area (Å²) in [5, 5.41) is 6.56. The summed E-state index contributed by atoms with van der Waals surface area (Å²) >= 11 is 0. The van der Waals surface area contributed by atoms with E-state index < -0.39 is 11.9 Å². The predicted molar refractivity (Wildman–Crippen MR) is 78.2 cm³/mol. The number of amides is 2. The van der Waals surface area contributed by atoms with Crippen molar-refractivity contribution in [1.29, 1.82) is 0 Å². The van der Waals surface area contributed by atoms with Gasteiger partial charge in [-0.05, 0) is 12.5 Å². The Morgan fingerprint density at radius 2 is 2.00 bits per heavy atom. The van der Waals surface area contributed by atoms with Crippen molar-refractivity contribution < 1.29 is 9.59 Å². The second kappa shape index (κ2) is 6.19. The maximum Gasteiger partial charge on any atom is 0.245 e. The number of nitrogens with two attached hydrogens (primary N) is 2. The molecule has 2 amide bonds. The minimum Gasteiger partial charge on any atom is -0.368 e. The summed E-state index contributed by atoms with van der Waals surface area (Å²) in [7, 11) is 0. The third kappa shape index (κ3) is 3.90. The monoisotopic (exact) mass is 287 g/mol. The average molecular weight is 287 g/mol. The minimum atomic E-state index is -0.773. The van der Waals surface area contributed by atoms with Crippen LogP contribution in [0, 0.1) is 6.92 Å². The lowest BCUT2D eigenvalue weighted by Gasteiger charge is -2.11. The van der Waals surface area contributed by atoms with Crippen molar-refractivity contribution in [3.63, 3.8) is 0 Å². The van der Waals surface area contributed by atoms with E-state index in [2.05, 4.69) is 10.4 Å². The molecule has 0 saturated carbocycles. The molecule has 0 aliphatic rings. The number of hydrogen-bond donors (Lipinski definition) is 3. The summed E-state index contributed by atoms with van der Waals surface area (Å²) < 4.78 is 1.34. The van der Waals surface area contributed by atoms with Gasteiger partial charge in [-0.2, -0.15) is 5.10 Å². The van der Waals surface area contributed by atoms with Crippen LogP contribution < -0.4 is 16.8 Å². The average Bonchev–Trinajstić information content (AvgIpc) is 2.85. The molecule has 1 aromatic carbocycles. The standard InChI is InChI=1S/C14H17N5O2/c1-9-2-4-10(5-3-9)13(16)14(21)18-11-6-17-19(7-11)8-12(15)20/h2-7,13H,8,16H2,1H3,(H2,15,20)(H,18,21). The van der Waals surface area contributed by atoms with E-state index in [1.165, 1.54) is 17.1 Å². The molecular formula is C14H17N5O2. The molecule has 2 rings (SSSR count). The molecule has 1 unspecified atom stereocenters. The SMILES string of the molecule is Cc1ccc(C(N)C(=O)Nc2cnn(CC(N)=O)c2)cc1. The van der Waals surface area contributed by atoms with Gasteiger partial charge in [-0.15, -0.1) is 0 Å². The van der Waals surface area contributed by atoms with Crippen molar-refractivity contribution in [2.75, 3.05) is 5.32 Å². The Labute approximate surface area is 121 Å². The van der Waals surface area contributed by atoms with E-state index in [4.69, 9.17) is 11.5 Å². The molecule has 0 spiro atoms. The zero-order chi connectivity index (χ0) is 15.4. The highest BCUT2D eigenvalue weighted by molar-refractivity contribution is 5.95. The van der Waals surface area contributed by atoms with Crippen LogP contribution in [-0.2, 0) is 16.1 Å². The van der Waals surface area contributed by atoms with Gasteiger partial charge in [0.2, 0.25) is 11.8 Å². The van der Waals surface area contributed by atoms with E-state index >= 15 is 0 Å². The number of carbonyl (C=O) groups is 2. The summed E-state index contributed by atoms with van der Waals surface area (Å²) in [6.45, 7) is 1.92. The molecule has 1 aromatic heterocycles. The number of hydrogen-bond acceptors (Lipinski definition) is 4. The van der Waals surface area contributed by atoms with Crippen LogP contribution in [0.2, 0.25) is 0 Å². The molecule has 0 fully saturated rings. The van der Waals surface area contributed by atoms with Crippen molar-refractivity contribution in [2.45, 2.75) is 19.5 Å². The van der Waals surface area contributed by atoms with Crippen LogP contribution >= 0.6 is 0 Å². The largest absolute Gasteiger partial charge is 0.368 e. The number of benzene rings is 1. The highest BCUT2D eigenvalue weighted by Gasteiger charge is 2.16. The van der Waals surface area contributed by atoms with Gasteiger partial charge in [0.05, 0.1) is 11.9 Å². The Bertz CT molecular complexity index is 648. The third-order valence-corrected chi connectivity index (χ3v) is 2.94. The first-order valence-electron chi connectivity index (χ1n) is 6.39. The van der Waals surface area contributed by atoms with Gasteiger partial charge < -0.3 is 16.8 Å². The van der Waals surface area contributed by atoms with Gasteiger partial charge in [-0.1, -0.05) is 29.8 Å². The number of carbonyl (C=O) groups excluding carboxylic acids is 2.